The Kier molecular flexibility index (Phi) is 6.14. The quantitative estimate of drug-likeness (QED) is 0.535. The number of aldehydes is 1. The Labute approximate surface area is 165 Å². The standard InChI is InChI=1S/C22H27BO3S/c1-22(2,3)27(18-10-6-4-7-11-18,19-12-8-5-9-13-19)25-16-20-17(15-24)14-21(23)26-20/h4-13,15,17,20-21H,14,16H2,1-3H3/t17?,20-,21?/m1/s1. The van der Waals surface area contributed by atoms with E-state index in [-0.39, 0.29) is 16.8 Å². The molecule has 2 aromatic rings. The van der Waals surface area contributed by atoms with Gasteiger partial charge in [0.15, 0.2) is 0 Å². The molecule has 1 aliphatic rings. The van der Waals surface area contributed by atoms with E-state index in [1.54, 1.807) is 0 Å². The molecule has 1 aliphatic heterocycles. The fraction of sp³-hybridized carbons (Fsp3) is 0.409. The molecule has 0 aliphatic carbocycles. The van der Waals surface area contributed by atoms with Gasteiger partial charge in [-0.15, -0.1) is 0 Å². The molecule has 5 heteroatoms. The number of hydrogen-bond acceptors (Lipinski definition) is 3. The molecule has 2 radical (unpaired) electrons. The lowest BCUT2D eigenvalue weighted by molar-refractivity contribution is -0.113. The Morgan fingerprint density at radius 1 is 1.07 bits per heavy atom. The molecule has 1 saturated heterocycles. The van der Waals surface area contributed by atoms with Gasteiger partial charge in [0.1, 0.15) is 14.1 Å². The van der Waals surface area contributed by atoms with Crippen LogP contribution in [-0.2, 0) is 13.7 Å². The molecule has 0 spiro atoms. The highest BCUT2D eigenvalue weighted by Crippen LogP contribution is 2.71. The first-order valence-corrected chi connectivity index (χ1v) is 10.9. The van der Waals surface area contributed by atoms with Gasteiger partial charge in [0.05, 0.1) is 12.7 Å². The molecular weight excluding hydrogens is 355 g/mol. The Balaban J connectivity index is 2.03. The Hall–Kier alpha value is -1.56. The molecule has 3 nitrogen and oxygen atoms in total. The van der Waals surface area contributed by atoms with Crippen LogP contribution in [0.4, 0.5) is 0 Å². The van der Waals surface area contributed by atoms with Crippen molar-refractivity contribution in [3.05, 3.63) is 60.7 Å². The van der Waals surface area contributed by atoms with Gasteiger partial charge in [0, 0.05) is 26.5 Å². The molecular formula is C22H27BO3S. The topological polar surface area (TPSA) is 35.5 Å². The largest absolute Gasteiger partial charge is 0.382 e. The number of carbonyl (C=O) groups is 1. The molecule has 1 heterocycles. The summed E-state index contributed by atoms with van der Waals surface area (Å²) in [4.78, 5) is 13.8. The minimum absolute atomic E-state index is 0.160. The molecule has 0 amide bonds. The van der Waals surface area contributed by atoms with E-state index < -0.39 is 16.3 Å². The lowest BCUT2D eigenvalue weighted by Gasteiger charge is -2.50. The predicted octanol–water partition coefficient (Wildman–Crippen LogP) is 4.74. The smallest absolute Gasteiger partial charge is 0.125 e. The Morgan fingerprint density at radius 2 is 1.59 bits per heavy atom. The number of carbonyl (C=O) groups excluding carboxylic acids is 1. The van der Waals surface area contributed by atoms with Crippen LogP contribution in [0, 0.1) is 5.92 Å². The summed E-state index contributed by atoms with van der Waals surface area (Å²) in [5, 5.41) is 0. The van der Waals surface area contributed by atoms with Crippen LogP contribution in [0.15, 0.2) is 70.5 Å². The molecule has 27 heavy (non-hydrogen) atoms. The molecule has 3 atom stereocenters. The monoisotopic (exact) mass is 382 g/mol. The summed E-state index contributed by atoms with van der Waals surface area (Å²) in [5.41, 5.74) is 0. The van der Waals surface area contributed by atoms with Gasteiger partial charge in [-0.05, 0) is 51.5 Å². The van der Waals surface area contributed by atoms with Crippen molar-refractivity contribution in [1.29, 1.82) is 0 Å². The summed E-state index contributed by atoms with van der Waals surface area (Å²) in [6, 6.07) is 20.3. The summed E-state index contributed by atoms with van der Waals surface area (Å²) in [7, 11) is 4.07. The highest BCUT2D eigenvalue weighted by atomic mass is 32.3. The highest BCUT2D eigenvalue weighted by Gasteiger charge is 2.43. The van der Waals surface area contributed by atoms with E-state index >= 15 is 0 Å². The van der Waals surface area contributed by atoms with Gasteiger partial charge in [0.2, 0.25) is 0 Å². The Morgan fingerprint density at radius 3 is 2.04 bits per heavy atom. The van der Waals surface area contributed by atoms with E-state index in [2.05, 4.69) is 45.0 Å². The number of ether oxygens (including phenoxy) is 1. The summed E-state index contributed by atoms with van der Waals surface area (Å²) in [5.74, 6) is -0.219. The highest BCUT2D eigenvalue weighted by molar-refractivity contribution is 8.31. The number of hydrogen-bond donors (Lipinski definition) is 0. The normalized spacial score (nSPS) is 23.9. The third kappa shape index (κ3) is 4.01. The zero-order valence-electron chi connectivity index (χ0n) is 16.2. The van der Waals surface area contributed by atoms with Crippen LogP contribution in [-0.4, -0.2) is 37.6 Å². The van der Waals surface area contributed by atoms with E-state index in [9.17, 15) is 4.79 Å². The number of benzene rings is 2. The maximum Gasteiger partial charge on any atom is 0.125 e. The molecule has 1 fully saturated rings. The van der Waals surface area contributed by atoms with Crippen LogP contribution < -0.4 is 0 Å². The molecule has 0 N–H and O–H groups in total. The maximum atomic E-state index is 11.4. The zero-order valence-corrected chi connectivity index (χ0v) is 17.0. The Bertz CT molecular complexity index is 706. The fourth-order valence-electron chi connectivity index (χ4n) is 3.66. The van der Waals surface area contributed by atoms with E-state index in [1.807, 2.05) is 36.4 Å². The van der Waals surface area contributed by atoms with Gasteiger partial charge in [0.25, 0.3) is 0 Å². The molecule has 3 rings (SSSR count). The minimum Gasteiger partial charge on any atom is -0.382 e. The molecule has 0 bridgehead atoms. The second-order valence-electron chi connectivity index (χ2n) is 7.83. The van der Waals surface area contributed by atoms with Crippen LogP contribution >= 0.6 is 10.3 Å². The first-order chi connectivity index (χ1) is 12.9. The first-order valence-electron chi connectivity index (χ1n) is 9.32. The average molecular weight is 382 g/mol. The summed E-state index contributed by atoms with van der Waals surface area (Å²) < 4.78 is 12.4. The van der Waals surface area contributed by atoms with Crippen LogP contribution in [0.25, 0.3) is 0 Å². The molecule has 2 aromatic carbocycles. The van der Waals surface area contributed by atoms with Crippen LogP contribution in [0.1, 0.15) is 27.2 Å². The SMILES string of the molecule is [B]C1CC(C=O)[C@@H](COS(c2ccccc2)(c2ccccc2)C(C)(C)C)O1. The summed E-state index contributed by atoms with van der Waals surface area (Å²) in [6.45, 7) is 6.97. The lowest BCUT2D eigenvalue weighted by atomic mass is 9.92. The molecule has 142 valence electrons. The van der Waals surface area contributed by atoms with Crippen LogP contribution in [0.5, 0.6) is 0 Å². The van der Waals surface area contributed by atoms with E-state index in [0.29, 0.717) is 13.0 Å². The van der Waals surface area contributed by atoms with Gasteiger partial charge >= 0.3 is 0 Å². The second-order valence-corrected chi connectivity index (χ2v) is 11.3. The average Bonchev–Trinajstić information content (AvgIpc) is 3.03. The van der Waals surface area contributed by atoms with Gasteiger partial charge in [-0.1, -0.05) is 46.7 Å². The van der Waals surface area contributed by atoms with Gasteiger partial charge in [-0.3, -0.25) is 0 Å². The maximum absolute atomic E-state index is 11.4. The number of rotatable bonds is 6. The predicted molar refractivity (Wildman–Crippen MR) is 111 cm³/mol. The molecule has 0 aromatic heterocycles. The summed E-state index contributed by atoms with van der Waals surface area (Å²) >= 11 is 0. The van der Waals surface area contributed by atoms with Gasteiger partial charge < -0.3 is 13.7 Å². The van der Waals surface area contributed by atoms with Crippen molar-refractivity contribution < 1.29 is 13.7 Å². The van der Waals surface area contributed by atoms with Crippen molar-refractivity contribution in [2.45, 2.75) is 53.8 Å². The molecule has 0 saturated carbocycles. The second kappa shape index (κ2) is 8.21. The third-order valence-electron chi connectivity index (χ3n) is 4.93. The van der Waals surface area contributed by atoms with Crippen molar-refractivity contribution in [2.75, 3.05) is 6.61 Å². The van der Waals surface area contributed by atoms with E-state index in [0.717, 1.165) is 16.1 Å². The van der Waals surface area contributed by atoms with Crippen molar-refractivity contribution in [3.63, 3.8) is 0 Å². The lowest BCUT2D eigenvalue weighted by Crippen LogP contribution is -2.32. The van der Waals surface area contributed by atoms with Crippen LogP contribution in [0.2, 0.25) is 0 Å². The first kappa shape index (κ1) is 20.2. The van der Waals surface area contributed by atoms with Crippen LogP contribution in [0.3, 0.4) is 0 Å². The fourth-order valence-corrected chi connectivity index (χ4v) is 7.39. The third-order valence-corrected chi connectivity index (χ3v) is 9.01. The van der Waals surface area contributed by atoms with Crippen molar-refractivity contribution in [3.8, 4) is 0 Å². The zero-order chi connectivity index (χ0) is 19.5. The van der Waals surface area contributed by atoms with E-state index in [1.165, 1.54) is 0 Å². The van der Waals surface area contributed by atoms with Crippen molar-refractivity contribution >= 4 is 24.4 Å². The van der Waals surface area contributed by atoms with Gasteiger partial charge in [-0.25, -0.2) is 0 Å². The van der Waals surface area contributed by atoms with E-state index in [4.69, 9.17) is 16.8 Å². The summed E-state index contributed by atoms with van der Waals surface area (Å²) in [6.07, 6.45) is 1.19. The van der Waals surface area contributed by atoms with Crippen molar-refractivity contribution in [2.24, 2.45) is 5.92 Å². The minimum atomic E-state index is -1.84. The molecule has 2 unspecified atom stereocenters. The van der Waals surface area contributed by atoms with Gasteiger partial charge in [-0.2, -0.15) is 0 Å². The van der Waals surface area contributed by atoms with Crippen molar-refractivity contribution in [1.82, 2.24) is 0 Å².